The Morgan fingerprint density at radius 3 is 2.62 bits per heavy atom. The van der Waals surface area contributed by atoms with Crippen LogP contribution in [0.15, 0.2) is 0 Å². The van der Waals surface area contributed by atoms with E-state index in [4.69, 9.17) is 6.42 Å². The Kier molecular flexibility index (Phi) is 4.57. The maximum absolute atomic E-state index is 5.43. The van der Waals surface area contributed by atoms with Gasteiger partial charge >= 0.3 is 0 Å². The Bertz CT molecular complexity index is 385. The van der Waals surface area contributed by atoms with Crippen molar-refractivity contribution >= 4 is 0 Å². The summed E-state index contributed by atoms with van der Waals surface area (Å²) in [6.45, 7) is 7.27. The first kappa shape index (κ1) is 12.8. The summed E-state index contributed by atoms with van der Waals surface area (Å²) in [6.07, 6.45) is 7.25. The lowest BCUT2D eigenvalue weighted by Gasteiger charge is -2.16. The molecule has 3 nitrogen and oxygen atoms in total. The summed E-state index contributed by atoms with van der Waals surface area (Å²) in [6, 6.07) is 0.235. The summed E-state index contributed by atoms with van der Waals surface area (Å²) in [5.41, 5.74) is 3.53. The van der Waals surface area contributed by atoms with E-state index < -0.39 is 0 Å². The summed E-state index contributed by atoms with van der Waals surface area (Å²) in [5.74, 6) is 2.74. The highest BCUT2D eigenvalue weighted by Crippen LogP contribution is 2.23. The molecular formula is C13H21N3. The van der Waals surface area contributed by atoms with E-state index in [1.54, 1.807) is 0 Å². The molecule has 1 atom stereocenters. The zero-order valence-corrected chi connectivity index (χ0v) is 10.7. The van der Waals surface area contributed by atoms with Gasteiger partial charge in [0.1, 0.15) is 0 Å². The van der Waals surface area contributed by atoms with E-state index in [-0.39, 0.29) is 6.04 Å². The molecule has 1 N–H and O–H groups in total. The third-order valence-electron chi connectivity index (χ3n) is 2.88. The Morgan fingerprint density at radius 2 is 2.19 bits per heavy atom. The lowest BCUT2D eigenvalue weighted by Crippen LogP contribution is -2.22. The molecule has 1 aromatic heterocycles. The van der Waals surface area contributed by atoms with Crippen molar-refractivity contribution < 1.29 is 0 Å². The molecular weight excluding hydrogens is 198 g/mol. The molecule has 1 aromatic rings. The Balaban J connectivity index is 2.96. The van der Waals surface area contributed by atoms with Crippen molar-refractivity contribution in [2.24, 2.45) is 7.05 Å². The first-order chi connectivity index (χ1) is 7.61. The first-order valence-corrected chi connectivity index (χ1v) is 5.78. The Labute approximate surface area is 98.2 Å². The van der Waals surface area contributed by atoms with Gasteiger partial charge < -0.3 is 5.32 Å². The normalized spacial score (nSPS) is 12.4. The van der Waals surface area contributed by atoms with Crippen molar-refractivity contribution in [2.45, 2.75) is 39.7 Å². The topological polar surface area (TPSA) is 29.9 Å². The molecule has 1 rings (SSSR count). The van der Waals surface area contributed by atoms with Gasteiger partial charge in [-0.1, -0.05) is 6.92 Å². The highest BCUT2D eigenvalue weighted by atomic mass is 15.3. The van der Waals surface area contributed by atoms with E-state index in [9.17, 15) is 0 Å². The third kappa shape index (κ3) is 2.65. The molecule has 3 heteroatoms. The van der Waals surface area contributed by atoms with Crippen LogP contribution < -0.4 is 5.32 Å². The SMILES string of the molecule is C#CCC(NCCC)c1c(C)nn(C)c1C. The number of nitrogens with zero attached hydrogens (tertiary/aromatic N) is 2. The number of terminal acetylenes is 1. The zero-order chi connectivity index (χ0) is 12.1. The van der Waals surface area contributed by atoms with Crippen molar-refractivity contribution in [2.75, 3.05) is 6.54 Å². The molecule has 1 unspecified atom stereocenters. The van der Waals surface area contributed by atoms with Crippen LogP contribution in [0.2, 0.25) is 0 Å². The van der Waals surface area contributed by atoms with E-state index in [0.29, 0.717) is 6.42 Å². The van der Waals surface area contributed by atoms with Gasteiger partial charge in [-0.3, -0.25) is 4.68 Å². The maximum atomic E-state index is 5.43. The van der Waals surface area contributed by atoms with Crippen LogP contribution in [0.25, 0.3) is 0 Å². The molecule has 0 aliphatic carbocycles. The van der Waals surface area contributed by atoms with Gasteiger partial charge in [-0.05, 0) is 26.8 Å². The van der Waals surface area contributed by atoms with Gasteiger partial charge in [0.2, 0.25) is 0 Å². The number of rotatable bonds is 5. The molecule has 0 aliphatic heterocycles. The lowest BCUT2D eigenvalue weighted by molar-refractivity contribution is 0.537. The van der Waals surface area contributed by atoms with E-state index in [1.165, 1.54) is 11.3 Å². The van der Waals surface area contributed by atoms with Crippen molar-refractivity contribution in [3.63, 3.8) is 0 Å². The molecule has 0 saturated carbocycles. The largest absolute Gasteiger partial charge is 0.309 e. The molecule has 88 valence electrons. The van der Waals surface area contributed by atoms with Crippen LogP contribution in [0, 0.1) is 26.2 Å². The van der Waals surface area contributed by atoms with Gasteiger partial charge in [-0.2, -0.15) is 5.10 Å². The lowest BCUT2D eigenvalue weighted by atomic mass is 10.0. The summed E-state index contributed by atoms with van der Waals surface area (Å²) < 4.78 is 1.92. The van der Waals surface area contributed by atoms with Gasteiger partial charge in [-0.25, -0.2) is 0 Å². The molecule has 0 amide bonds. The van der Waals surface area contributed by atoms with Crippen LogP contribution in [-0.4, -0.2) is 16.3 Å². The minimum Gasteiger partial charge on any atom is -0.309 e. The van der Waals surface area contributed by atoms with Gasteiger partial charge in [0, 0.05) is 30.8 Å². The van der Waals surface area contributed by atoms with Gasteiger partial charge in [0.05, 0.1) is 5.69 Å². The fourth-order valence-electron chi connectivity index (χ4n) is 2.01. The fraction of sp³-hybridized carbons (Fsp3) is 0.615. The molecule has 0 radical (unpaired) electrons. The smallest absolute Gasteiger partial charge is 0.0644 e. The maximum Gasteiger partial charge on any atom is 0.0644 e. The minimum atomic E-state index is 0.235. The molecule has 0 fully saturated rings. The highest BCUT2D eigenvalue weighted by Gasteiger charge is 2.18. The Morgan fingerprint density at radius 1 is 1.50 bits per heavy atom. The second-order valence-corrected chi connectivity index (χ2v) is 4.12. The van der Waals surface area contributed by atoms with Gasteiger partial charge in [-0.15, -0.1) is 12.3 Å². The summed E-state index contributed by atoms with van der Waals surface area (Å²) in [4.78, 5) is 0. The molecule has 0 saturated heterocycles. The second-order valence-electron chi connectivity index (χ2n) is 4.12. The third-order valence-corrected chi connectivity index (χ3v) is 2.88. The molecule has 0 aromatic carbocycles. The van der Waals surface area contributed by atoms with Crippen LogP contribution in [-0.2, 0) is 7.05 Å². The van der Waals surface area contributed by atoms with Crippen LogP contribution in [0.4, 0.5) is 0 Å². The summed E-state index contributed by atoms with van der Waals surface area (Å²) >= 11 is 0. The van der Waals surface area contributed by atoms with Crippen molar-refractivity contribution in [3.8, 4) is 12.3 Å². The number of aryl methyl sites for hydroxylation is 2. The average Bonchev–Trinajstić information content (AvgIpc) is 2.49. The fourth-order valence-corrected chi connectivity index (χ4v) is 2.01. The summed E-state index contributed by atoms with van der Waals surface area (Å²) in [5, 5.41) is 7.92. The van der Waals surface area contributed by atoms with E-state index in [2.05, 4.69) is 30.2 Å². The molecule has 0 aliphatic rings. The van der Waals surface area contributed by atoms with Crippen molar-refractivity contribution in [1.29, 1.82) is 0 Å². The number of hydrogen-bond donors (Lipinski definition) is 1. The van der Waals surface area contributed by atoms with Crippen molar-refractivity contribution in [3.05, 3.63) is 17.0 Å². The molecule has 16 heavy (non-hydrogen) atoms. The number of aromatic nitrogens is 2. The standard InChI is InChI=1S/C13H21N3/c1-6-8-12(14-9-7-2)13-10(3)15-16(5)11(13)4/h1,12,14H,7-9H2,2-5H3. The first-order valence-electron chi connectivity index (χ1n) is 5.78. The van der Waals surface area contributed by atoms with Crippen LogP contribution in [0.3, 0.4) is 0 Å². The predicted octanol–water partition coefficient (Wildman–Crippen LogP) is 2.10. The monoisotopic (exact) mass is 219 g/mol. The van der Waals surface area contributed by atoms with Crippen LogP contribution in [0.5, 0.6) is 0 Å². The quantitative estimate of drug-likeness (QED) is 0.769. The Hall–Kier alpha value is -1.27. The summed E-state index contributed by atoms with van der Waals surface area (Å²) in [7, 11) is 1.97. The number of hydrogen-bond acceptors (Lipinski definition) is 2. The molecule has 0 bridgehead atoms. The number of nitrogens with one attached hydrogen (secondary N) is 1. The molecule has 0 spiro atoms. The van der Waals surface area contributed by atoms with E-state index in [1.807, 2.05) is 18.7 Å². The average molecular weight is 219 g/mol. The van der Waals surface area contributed by atoms with Crippen molar-refractivity contribution in [1.82, 2.24) is 15.1 Å². The van der Waals surface area contributed by atoms with Gasteiger partial charge in [0.25, 0.3) is 0 Å². The van der Waals surface area contributed by atoms with Crippen LogP contribution >= 0.6 is 0 Å². The minimum absolute atomic E-state index is 0.235. The van der Waals surface area contributed by atoms with Gasteiger partial charge in [0.15, 0.2) is 0 Å². The predicted molar refractivity (Wildman–Crippen MR) is 67.2 cm³/mol. The molecule has 1 heterocycles. The highest BCUT2D eigenvalue weighted by molar-refractivity contribution is 5.29. The second kappa shape index (κ2) is 5.72. The van der Waals surface area contributed by atoms with Crippen LogP contribution in [0.1, 0.15) is 42.8 Å². The van der Waals surface area contributed by atoms with E-state index in [0.717, 1.165) is 18.7 Å². The zero-order valence-electron chi connectivity index (χ0n) is 10.7. The van der Waals surface area contributed by atoms with E-state index >= 15 is 0 Å².